The van der Waals surface area contributed by atoms with Crippen molar-refractivity contribution in [2.75, 3.05) is 27.2 Å². The molecule has 20 rings (SSSR count). The summed E-state index contributed by atoms with van der Waals surface area (Å²) >= 11 is 0. The molecule has 0 aliphatic carbocycles. The van der Waals surface area contributed by atoms with Gasteiger partial charge < -0.3 is 37.9 Å². The summed E-state index contributed by atoms with van der Waals surface area (Å²) in [4.78, 5) is 0. The summed E-state index contributed by atoms with van der Waals surface area (Å²) in [6.45, 7) is 0.484. The van der Waals surface area contributed by atoms with Gasteiger partial charge >= 0.3 is 0 Å². The maximum absolute atomic E-state index is 6.31. The van der Waals surface area contributed by atoms with Crippen molar-refractivity contribution in [1.82, 2.24) is 0 Å². The summed E-state index contributed by atoms with van der Waals surface area (Å²) in [7, 11) is 0. The minimum Gasteiger partial charge on any atom is -0.457 e. The van der Waals surface area contributed by atoms with Crippen LogP contribution in [0.4, 0.5) is 0 Å². The van der Waals surface area contributed by atoms with Crippen molar-refractivity contribution >= 4 is 86.2 Å². The highest BCUT2D eigenvalue weighted by Crippen LogP contribution is 2.52. The van der Waals surface area contributed by atoms with Crippen molar-refractivity contribution in [3.8, 4) is 126 Å². The van der Waals surface area contributed by atoms with E-state index in [-0.39, 0.29) is 27.2 Å². The molecule has 8 nitrogen and oxygen atoms in total. The number of rotatable bonds is 0. The van der Waals surface area contributed by atoms with Gasteiger partial charge in [0.15, 0.2) is 0 Å². The van der Waals surface area contributed by atoms with Crippen molar-refractivity contribution < 1.29 is 37.9 Å². The highest BCUT2D eigenvalue weighted by atomic mass is 16.7. The van der Waals surface area contributed by atoms with Gasteiger partial charge in [-0.15, -0.1) is 0 Å². The molecule has 4 aliphatic rings. The van der Waals surface area contributed by atoms with Gasteiger partial charge in [0.05, 0.1) is 0 Å². The predicted octanol–water partition coefficient (Wildman–Crippen LogP) is 20.7. The van der Waals surface area contributed by atoms with Crippen LogP contribution in [0.15, 0.2) is 255 Å². The highest BCUT2D eigenvalue weighted by molar-refractivity contribution is 6.15. The van der Waals surface area contributed by atoms with Gasteiger partial charge in [-0.05, 0) is 208 Å². The van der Waals surface area contributed by atoms with E-state index < -0.39 is 0 Å². The first kappa shape index (κ1) is 55.2. The highest BCUT2D eigenvalue weighted by Gasteiger charge is 2.27. The van der Waals surface area contributed by atoms with E-state index in [1.165, 1.54) is 0 Å². The number of fused-ring (bicyclic) bond motifs is 28. The van der Waals surface area contributed by atoms with Gasteiger partial charge in [-0.3, -0.25) is 0 Å². The van der Waals surface area contributed by atoms with Crippen LogP contribution in [0, 0.1) is 35.5 Å². The quantitative estimate of drug-likeness (QED) is 0.139. The van der Waals surface area contributed by atoms with E-state index in [1.54, 1.807) is 0 Å². The van der Waals surface area contributed by atoms with E-state index in [0.29, 0.717) is 0 Å². The second-order valence-electron chi connectivity index (χ2n) is 24.9. The smallest absolute Gasteiger partial charge is 0.230 e. The summed E-state index contributed by atoms with van der Waals surface area (Å²) < 4.78 is 49.8. The van der Waals surface area contributed by atoms with Crippen molar-refractivity contribution in [3.63, 3.8) is 0 Å². The third kappa shape index (κ3) is 9.14. The molecule has 98 heavy (non-hydrogen) atoms. The van der Waals surface area contributed by atoms with Crippen LogP contribution in [0.25, 0.3) is 131 Å². The first-order valence-electron chi connectivity index (χ1n) is 32.6. The van der Waals surface area contributed by atoms with Gasteiger partial charge in [0.25, 0.3) is 0 Å². The van der Waals surface area contributed by atoms with E-state index in [1.807, 2.05) is 48.5 Å². The van der Waals surface area contributed by atoms with Gasteiger partial charge in [0.1, 0.15) is 46.0 Å². The number of hydrogen-bond acceptors (Lipinski definition) is 8. The average Bonchev–Trinajstić information content (AvgIpc) is 1.28. The second kappa shape index (κ2) is 22.2. The van der Waals surface area contributed by atoms with E-state index in [0.717, 1.165) is 210 Å². The Labute approximate surface area is 562 Å². The van der Waals surface area contributed by atoms with Crippen LogP contribution >= 0.6 is 0 Å². The zero-order valence-corrected chi connectivity index (χ0v) is 52.3. The molecular weight excluding hydrogens is 1210 g/mol. The topological polar surface area (TPSA) is 73.8 Å². The van der Waals surface area contributed by atoms with Crippen molar-refractivity contribution in [3.05, 3.63) is 288 Å². The fraction of sp³-hybridized carbons (Fsp3) is 0.0444. The number of benzene rings is 16. The second-order valence-corrected chi connectivity index (χ2v) is 24.9. The Bertz CT molecular complexity index is 6040. The van der Waals surface area contributed by atoms with E-state index in [2.05, 4.69) is 242 Å². The summed E-state index contributed by atoms with van der Waals surface area (Å²) in [6.07, 6.45) is 0. The normalized spacial score (nSPS) is 12.9. The fourth-order valence-electron chi connectivity index (χ4n) is 14.9. The molecule has 8 heteroatoms. The average molecular weight is 1260 g/mol. The monoisotopic (exact) mass is 1260 g/mol. The third-order valence-corrected chi connectivity index (χ3v) is 19.4. The maximum atomic E-state index is 6.31. The van der Waals surface area contributed by atoms with Gasteiger partial charge in [0.2, 0.25) is 27.2 Å². The van der Waals surface area contributed by atoms with Gasteiger partial charge in [-0.25, -0.2) is 0 Å². The van der Waals surface area contributed by atoms with Gasteiger partial charge in [-0.2, -0.15) is 0 Å². The zero-order chi connectivity index (χ0) is 64.4. The Hall–Kier alpha value is -13.3. The lowest BCUT2D eigenvalue weighted by molar-refractivity contribution is 0.124. The van der Waals surface area contributed by atoms with Crippen molar-refractivity contribution in [1.29, 1.82) is 0 Å². The zero-order valence-electron chi connectivity index (χ0n) is 52.3. The lowest BCUT2D eigenvalue weighted by Crippen LogP contribution is -2.03. The SMILES string of the molecule is C(#Cc1ccc2c3c(ccc2c1)OCOc1ccc2cc(C#Cc4ccc5c6c(ccc5c4)OCOc4ccc5cc(C#Cc7ccc8c9c(ccc8c7)OCOc7ccc8ccccc8c7-9)ccc5c4-6)ccc2c1-3)c1ccc2c3c(ccc2c1)OCOc1ccc2ccccc2c1-3. The van der Waals surface area contributed by atoms with Crippen LogP contribution in [-0.2, 0) is 0 Å². The molecule has 16 aromatic rings. The molecule has 0 fully saturated rings. The minimum atomic E-state index is 0.0949. The molecule has 0 spiro atoms. The Kier molecular flexibility index (Phi) is 12.5. The summed E-state index contributed by atoms with van der Waals surface area (Å²) in [5.41, 5.74) is 13.5. The van der Waals surface area contributed by atoms with Crippen LogP contribution in [0.5, 0.6) is 46.0 Å². The van der Waals surface area contributed by atoms with Crippen LogP contribution < -0.4 is 37.9 Å². The van der Waals surface area contributed by atoms with Gasteiger partial charge in [-0.1, -0.05) is 169 Å². The minimum absolute atomic E-state index is 0.0949. The van der Waals surface area contributed by atoms with Crippen LogP contribution in [0.2, 0.25) is 0 Å². The lowest BCUT2D eigenvalue weighted by Gasteiger charge is -2.14. The molecule has 0 aromatic heterocycles. The van der Waals surface area contributed by atoms with Crippen LogP contribution in [0.3, 0.4) is 0 Å². The molecule has 0 radical (unpaired) electrons. The molecule has 4 heterocycles. The molecule has 0 unspecified atom stereocenters. The van der Waals surface area contributed by atoms with E-state index >= 15 is 0 Å². The summed E-state index contributed by atoms with van der Waals surface area (Å²) in [5.74, 6) is 27.1. The fourth-order valence-corrected chi connectivity index (χ4v) is 14.9. The Morgan fingerprint density at radius 2 is 0.337 bits per heavy atom. The van der Waals surface area contributed by atoms with E-state index in [9.17, 15) is 0 Å². The first-order valence-corrected chi connectivity index (χ1v) is 32.6. The molecule has 0 saturated carbocycles. The molecule has 4 aliphatic heterocycles. The Morgan fingerprint density at radius 1 is 0.163 bits per heavy atom. The third-order valence-electron chi connectivity index (χ3n) is 19.4. The van der Waals surface area contributed by atoms with Gasteiger partial charge in [0, 0.05) is 77.9 Å². The molecule has 0 saturated heterocycles. The maximum Gasteiger partial charge on any atom is 0.230 e. The molecular formula is C90H50O8. The molecule has 0 amide bonds. The lowest BCUT2D eigenvalue weighted by atomic mass is 9.91. The number of ether oxygens (including phenoxy) is 8. The van der Waals surface area contributed by atoms with Crippen LogP contribution in [-0.4, -0.2) is 27.2 Å². The molecule has 16 aromatic carbocycles. The molecule has 0 bridgehead atoms. The largest absolute Gasteiger partial charge is 0.457 e. The molecule has 0 N–H and O–H groups in total. The Balaban J connectivity index is 0.583. The molecule has 458 valence electrons. The predicted molar refractivity (Wildman–Crippen MR) is 390 cm³/mol. The van der Waals surface area contributed by atoms with Crippen molar-refractivity contribution in [2.45, 2.75) is 0 Å². The first-order chi connectivity index (χ1) is 48.5. The van der Waals surface area contributed by atoms with Crippen molar-refractivity contribution in [2.24, 2.45) is 0 Å². The van der Waals surface area contributed by atoms with Crippen LogP contribution in [0.1, 0.15) is 33.4 Å². The standard InChI is InChI=1S/C90H50O8/c1-3-7-67-59(5-1)21-35-75-83(67)85-69-29-15-53(43-61(69)23-37-77(85)93-49-91-75)9-11-55-17-31-71-63(45-55)25-39-79-87(71)89-73-33-19-57(47-65(73)27-41-81(89)97-51-95-79)13-14-58-20-34-74-66(48-58)28-42-82-90(74)88-72-32-18-56(46-64(72)26-40-80(88)96-52-98-82)12-10-54-16-30-70-62(44-54)24-38-78-86(70)84-68-8-4-2-6-60(68)22-36-76(84)92-50-94-78/h1-8,15-48H,49-52H2. The summed E-state index contributed by atoms with van der Waals surface area (Å²) in [6, 6.07) is 88.3. The Morgan fingerprint density at radius 3 is 0.541 bits per heavy atom. The number of hydrogen-bond donors (Lipinski definition) is 0. The van der Waals surface area contributed by atoms with E-state index in [4.69, 9.17) is 37.9 Å². The molecule has 0 atom stereocenters. The summed E-state index contributed by atoms with van der Waals surface area (Å²) in [5, 5.41) is 17.2.